The number of hydrogen-bond donors (Lipinski definition) is 0. The fourth-order valence-electron chi connectivity index (χ4n) is 1.46. The minimum atomic E-state index is -0.332. The third kappa shape index (κ3) is 2.96. The molecule has 0 N–H and O–H groups in total. The van der Waals surface area contributed by atoms with Gasteiger partial charge in [0.25, 0.3) is 0 Å². The molecule has 0 saturated carbocycles. The number of halogens is 2. The Hall–Kier alpha value is -1.68. The fourth-order valence-corrected chi connectivity index (χ4v) is 2.02. The van der Waals surface area contributed by atoms with Crippen molar-refractivity contribution in [2.75, 3.05) is 7.11 Å². The number of benzene rings is 2. The molecule has 2 rings (SSSR count). The molecule has 2 nitrogen and oxygen atoms in total. The Morgan fingerprint density at radius 2 is 2.00 bits per heavy atom. The zero-order valence-electron chi connectivity index (χ0n) is 9.73. The van der Waals surface area contributed by atoms with Crippen molar-refractivity contribution in [3.8, 4) is 5.75 Å². The zero-order chi connectivity index (χ0) is 13.0. The lowest BCUT2D eigenvalue weighted by atomic mass is 10.2. The summed E-state index contributed by atoms with van der Waals surface area (Å²) < 4.78 is 19.3. The number of aliphatic imine (C=N–C) groups is 1. The van der Waals surface area contributed by atoms with Crippen molar-refractivity contribution >= 4 is 27.8 Å². The van der Waals surface area contributed by atoms with Gasteiger partial charge in [-0.1, -0.05) is 12.1 Å². The van der Waals surface area contributed by atoms with Crippen molar-refractivity contribution in [1.29, 1.82) is 0 Å². The lowest BCUT2D eigenvalue weighted by molar-refractivity contribution is 0.412. The molecule has 0 fully saturated rings. The standard InChI is InChI=1S/C14H11BrFNO/c1-18-14-7-6-10(8-11(14)15)9-17-13-5-3-2-4-12(13)16/h2-9H,1H3. The maximum atomic E-state index is 13.3. The van der Waals surface area contributed by atoms with Crippen molar-refractivity contribution in [2.45, 2.75) is 0 Å². The molecule has 0 aliphatic carbocycles. The molecule has 0 saturated heterocycles. The summed E-state index contributed by atoms with van der Waals surface area (Å²) in [5, 5.41) is 0. The molecular formula is C14H11BrFNO. The van der Waals surface area contributed by atoms with E-state index in [4.69, 9.17) is 4.74 Å². The molecule has 4 heteroatoms. The SMILES string of the molecule is COc1ccc(C=Nc2ccccc2F)cc1Br. The van der Waals surface area contributed by atoms with Gasteiger partial charge >= 0.3 is 0 Å². The van der Waals surface area contributed by atoms with Crippen LogP contribution in [0.25, 0.3) is 0 Å². The maximum absolute atomic E-state index is 13.3. The molecule has 0 atom stereocenters. The van der Waals surface area contributed by atoms with Gasteiger partial charge in [0, 0.05) is 6.21 Å². The smallest absolute Gasteiger partial charge is 0.148 e. The number of hydrogen-bond acceptors (Lipinski definition) is 2. The van der Waals surface area contributed by atoms with E-state index in [1.165, 1.54) is 6.07 Å². The van der Waals surface area contributed by atoms with Gasteiger partial charge in [-0.3, -0.25) is 4.99 Å². The van der Waals surface area contributed by atoms with Crippen LogP contribution in [-0.4, -0.2) is 13.3 Å². The average molecular weight is 308 g/mol. The number of para-hydroxylation sites is 1. The van der Waals surface area contributed by atoms with Crippen LogP contribution in [0.4, 0.5) is 10.1 Å². The molecule has 0 aliphatic rings. The summed E-state index contributed by atoms with van der Waals surface area (Å²) in [6.07, 6.45) is 1.61. The first-order valence-electron chi connectivity index (χ1n) is 5.33. The number of nitrogens with zero attached hydrogens (tertiary/aromatic N) is 1. The van der Waals surface area contributed by atoms with Gasteiger partial charge in [0.2, 0.25) is 0 Å². The summed E-state index contributed by atoms with van der Waals surface area (Å²) in [7, 11) is 1.60. The second kappa shape index (κ2) is 5.78. The van der Waals surface area contributed by atoms with Crippen LogP contribution in [0.3, 0.4) is 0 Å². The normalized spacial score (nSPS) is 10.8. The molecule has 0 amide bonds. The predicted molar refractivity (Wildman–Crippen MR) is 74.3 cm³/mol. The van der Waals surface area contributed by atoms with Crippen molar-refractivity contribution < 1.29 is 9.13 Å². The van der Waals surface area contributed by atoms with E-state index in [0.717, 1.165) is 15.8 Å². The summed E-state index contributed by atoms with van der Waals surface area (Å²) in [5.41, 5.74) is 1.19. The Morgan fingerprint density at radius 1 is 1.22 bits per heavy atom. The fraction of sp³-hybridized carbons (Fsp3) is 0.0714. The molecular weight excluding hydrogens is 297 g/mol. The van der Waals surface area contributed by atoms with Crippen LogP contribution in [0.1, 0.15) is 5.56 Å². The summed E-state index contributed by atoms with van der Waals surface area (Å²) in [6, 6.07) is 11.9. The quantitative estimate of drug-likeness (QED) is 0.773. The Labute approximate surface area is 113 Å². The van der Waals surface area contributed by atoms with E-state index < -0.39 is 0 Å². The second-order valence-electron chi connectivity index (χ2n) is 3.60. The van der Waals surface area contributed by atoms with Gasteiger partial charge in [-0.2, -0.15) is 0 Å². The highest BCUT2D eigenvalue weighted by Crippen LogP contribution is 2.25. The van der Waals surface area contributed by atoms with E-state index in [0.29, 0.717) is 5.69 Å². The third-order valence-corrected chi connectivity index (χ3v) is 3.00. The van der Waals surface area contributed by atoms with Crippen molar-refractivity contribution in [3.63, 3.8) is 0 Å². The molecule has 92 valence electrons. The van der Waals surface area contributed by atoms with Crippen LogP contribution >= 0.6 is 15.9 Å². The van der Waals surface area contributed by atoms with Gasteiger partial charge in [0.05, 0.1) is 17.3 Å². The largest absolute Gasteiger partial charge is 0.496 e. The van der Waals surface area contributed by atoms with Gasteiger partial charge in [-0.15, -0.1) is 0 Å². The Bertz CT molecular complexity index is 584. The van der Waals surface area contributed by atoms with Gasteiger partial charge in [0.1, 0.15) is 11.6 Å². The monoisotopic (exact) mass is 307 g/mol. The summed E-state index contributed by atoms with van der Waals surface area (Å²) in [4.78, 5) is 4.11. The molecule has 18 heavy (non-hydrogen) atoms. The lowest BCUT2D eigenvalue weighted by Gasteiger charge is -2.03. The van der Waals surface area contributed by atoms with E-state index in [-0.39, 0.29) is 5.82 Å². The van der Waals surface area contributed by atoms with E-state index >= 15 is 0 Å². The zero-order valence-corrected chi connectivity index (χ0v) is 11.3. The van der Waals surface area contributed by atoms with Gasteiger partial charge in [-0.05, 0) is 51.8 Å². The molecule has 0 bridgehead atoms. The highest BCUT2D eigenvalue weighted by molar-refractivity contribution is 9.10. The third-order valence-electron chi connectivity index (χ3n) is 2.38. The van der Waals surface area contributed by atoms with E-state index in [1.54, 1.807) is 31.5 Å². The summed E-state index contributed by atoms with van der Waals surface area (Å²) in [6.45, 7) is 0. The topological polar surface area (TPSA) is 21.6 Å². The minimum Gasteiger partial charge on any atom is -0.496 e. The van der Waals surface area contributed by atoms with Gasteiger partial charge in [0.15, 0.2) is 0 Å². The number of ether oxygens (including phenoxy) is 1. The van der Waals surface area contributed by atoms with Gasteiger partial charge in [-0.25, -0.2) is 4.39 Å². The van der Waals surface area contributed by atoms with Crippen LogP contribution in [0.5, 0.6) is 5.75 Å². The van der Waals surface area contributed by atoms with Crippen molar-refractivity contribution in [2.24, 2.45) is 4.99 Å². The highest BCUT2D eigenvalue weighted by Gasteiger charge is 2.00. The van der Waals surface area contributed by atoms with Crippen molar-refractivity contribution in [1.82, 2.24) is 0 Å². The molecule has 2 aromatic carbocycles. The number of rotatable bonds is 3. The molecule has 0 spiro atoms. The average Bonchev–Trinajstić information content (AvgIpc) is 2.38. The first-order chi connectivity index (χ1) is 8.70. The van der Waals surface area contributed by atoms with Crippen LogP contribution in [0.2, 0.25) is 0 Å². The molecule has 0 heterocycles. The van der Waals surface area contributed by atoms with E-state index in [1.807, 2.05) is 18.2 Å². The molecule has 0 aromatic heterocycles. The molecule has 2 aromatic rings. The van der Waals surface area contributed by atoms with Crippen LogP contribution in [-0.2, 0) is 0 Å². The van der Waals surface area contributed by atoms with Gasteiger partial charge < -0.3 is 4.74 Å². The van der Waals surface area contributed by atoms with E-state index in [2.05, 4.69) is 20.9 Å². The Morgan fingerprint density at radius 3 is 2.67 bits per heavy atom. The lowest BCUT2D eigenvalue weighted by Crippen LogP contribution is -1.87. The molecule has 0 aliphatic heterocycles. The Kier molecular flexibility index (Phi) is 4.10. The van der Waals surface area contributed by atoms with Crippen LogP contribution in [0.15, 0.2) is 51.9 Å². The van der Waals surface area contributed by atoms with Crippen LogP contribution < -0.4 is 4.74 Å². The number of methoxy groups -OCH3 is 1. The first-order valence-corrected chi connectivity index (χ1v) is 6.12. The van der Waals surface area contributed by atoms with Crippen molar-refractivity contribution in [3.05, 3.63) is 58.3 Å². The predicted octanol–water partition coefficient (Wildman–Crippen LogP) is 4.35. The maximum Gasteiger partial charge on any atom is 0.148 e. The molecule has 0 radical (unpaired) electrons. The summed E-state index contributed by atoms with van der Waals surface area (Å²) >= 11 is 3.39. The minimum absolute atomic E-state index is 0.324. The first kappa shape index (κ1) is 12.8. The Balaban J connectivity index is 2.24. The van der Waals surface area contributed by atoms with E-state index in [9.17, 15) is 4.39 Å². The van der Waals surface area contributed by atoms with Crippen LogP contribution in [0, 0.1) is 5.82 Å². The second-order valence-corrected chi connectivity index (χ2v) is 4.46. The highest BCUT2D eigenvalue weighted by atomic mass is 79.9. The summed E-state index contributed by atoms with van der Waals surface area (Å²) in [5.74, 6) is 0.416. The molecule has 0 unspecified atom stereocenters.